The van der Waals surface area contributed by atoms with Crippen LogP contribution in [0.5, 0.6) is 0 Å². The molecule has 1 aliphatic rings. The van der Waals surface area contributed by atoms with Crippen LogP contribution in [-0.2, 0) is 4.79 Å². The van der Waals surface area contributed by atoms with E-state index in [-0.39, 0.29) is 11.9 Å². The number of rotatable bonds is 5. The fourth-order valence-corrected chi connectivity index (χ4v) is 3.13. The van der Waals surface area contributed by atoms with E-state index in [0.29, 0.717) is 18.3 Å². The molecule has 1 fully saturated rings. The molecule has 2 aromatic rings. The molecule has 1 aromatic heterocycles. The van der Waals surface area contributed by atoms with Crippen LogP contribution >= 0.6 is 0 Å². The fourth-order valence-electron chi connectivity index (χ4n) is 3.13. The third-order valence-corrected chi connectivity index (χ3v) is 4.85. The second-order valence-electron chi connectivity index (χ2n) is 6.94. The van der Waals surface area contributed by atoms with Gasteiger partial charge in [0.25, 0.3) is 0 Å². The zero-order valence-electron chi connectivity index (χ0n) is 15.8. The first kappa shape index (κ1) is 18.5. The minimum atomic E-state index is 0.0597. The van der Waals surface area contributed by atoms with Crippen molar-refractivity contribution in [2.45, 2.75) is 19.4 Å². The van der Waals surface area contributed by atoms with E-state index < -0.39 is 0 Å². The summed E-state index contributed by atoms with van der Waals surface area (Å²) in [5.74, 6) is 1.35. The molecule has 2 heterocycles. The van der Waals surface area contributed by atoms with Crippen molar-refractivity contribution >= 4 is 5.91 Å². The van der Waals surface area contributed by atoms with Gasteiger partial charge in [-0.2, -0.15) is 0 Å². The first-order valence-electron chi connectivity index (χ1n) is 9.10. The number of nitrogens with zero attached hydrogens (tertiary/aromatic N) is 5. The summed E-state index contributed by atoms with van der Waals surface area (Å²) in [6, 6.07) is 9.88. The Hall–Kier alpha value is -2.25. The van der Waals surface area contributed by atoms with Crippen LogP contribution in [-0.4, -0.2) is 77.6 Å². The van der Waals surface area contributed by atoms with Crippen molar-refractivity contribution in [3.63, 3.8) is 0 Å². The van der Waals surface area contributed by atoms with Crippen molar-refractivity contribution in [3.05, 3.63) is 36.2 Å². The Morgan fingerprint density at radius 3 is 2.65 bits per heavy atom. The van der Waals surface area contributed by atoms with Gasteiger partial charge in [-0.1, -0.05) is 18.2 Å². The second-order valence-corrected chi connectivity index (χ2v) is 6.94. The van der Waals surface area contributed by atoms with E-state index in [1.54, 1.807) is 19.0 Å². The van der Waals surface area contributed by atoms with Crippen molar-refractivity contribution < 1.29 is 9.21 Å². The maximum atomic E-state index is 11.9. The number of aromatic nitrogens is 2. The molecule has 1 aliphatic heterocycles. The number of carbonyl (C=O) groups is 1. The molecule has 140 valence electrons. The molecular weight excluding hydrogens is 330 g/mol. The van der Waals surface area contributed by atoms with Crippen LogP contribution in [0.2, 0.25) is 0 Å². The van der Waals surface area contributed by atoms with Crippen molar-refractivity contribution in [2.75, 3.05) is 46.8 Å². The molecule has 1 unspecified atom stereocenters. The van der Waals surface area contributed by atoms with Crippen molar-refractivity contribution in [1.29, 1.82) is 0 Å². The van der Waals surface area contributed by atoms with E-state index in [1.165, 1.54) is 0 Å². The minimum Gasteiger partial charge on any atom is -0.419 e. The van der Waals surface area contributed by atoms with Gasteiger partial charge in [0.05, 0.1) is 12.6 Å². The van der Waals surface area contributed by atoms with Crippen LogP contribution in [0.3, 0.4) is 0 Å². The molecule has 1 aromatic carbocycles. The topological polar surface area (TPSA) is 65.7 Å². The molecule has 3 rings (SSSR count). The molecule has 1 atom stereocenters. The number of benzene rings is 1. The molecule has 0 aliphatic carbocycles. The van der Waals surface area contributed by atoms with Crippen LogP contribution in [0.4, 0.5) is 0 Å². The lowest BCUT2D eigenvalue weighted by atomic mass is 10.2. The smallest absolute Gasteiger partial charge is 0.247 e. The zero-order chi connectivity index (χ0) is 18.5. The lowest BCUT2D eigenvalue weighted by molar-refractivity contribution is -0.129. The molecule has 0 spiro atoms. The summed E-state index contributed by atoms with van der Waals surface area (Å²) in [4.78, 5) is 18.2. The van der Waals surface area contributed by atoms with Gasteiger partial charge in [-0.25, -0.2) is 0 Å². The number of carbonyl (C=O) groups excluding carboxylic acids is 1. The Morgan fingerprint density at radius 2 is 1.92 bits per heavy atom. The maximum absolute atomic E-state index is 11.9. The Labute approximate surface area is 154 Å². The quantitative estimate of drug-likeness (QED) is 0.814. The summed E-state index contributed by atoms with van der Waals surface area (Å²) in [5, 5.41) is 8.45. The number of amides is 1. The average Bonchev–Trinajstić information content (AvgIpc) is 3.03. The van der Waals surface area contributed by atoms with Gasteiger partial charge in [0.15, 0.2) is 0 Å². The second kappa shape index (κ2) is 8.42. The van der Waals surface area contributed by atoms with E-state index in [0.717, 1.165) is 38.2 Å². The first-order valence-corrected chi connectivity index (χ1v) is 9.10. The molecule has 0 radical (unpaired) electrons. The summed E-state index contributed by atoms with van der Waals surface area (Å²) in [7, 11) is 3.60. The Balaban J connectivity index is 1.61. The van der Waals surface area contributed by atoms with E-state index in [2.05, 4.69) is 26.9 Å². The predicted molar refractivity (Wildman–Crippen MR) is 99.5 cm³/mol. The summed E-state index contributed by atoms with van der Waals surface area (Å²) in [6.45, 7) is 6.21. The summed E-state index contributed by atoms with van der Waals surface area (Å²) >= 11 is 0. The van der Waals surface area contributed by atoms with E-state index >= 15 is 0 Å². The van der Waals surface area contributed by atoms with Crippen LogP contribution in [0.15, 0.2) is 34.7 Å². The van der Waals surface area contributed by atoms with E-state index in [1.807, 2.05) is 30.3 Å². The van der Waals surface area contributed by atoms with Crippen molar-refractivity contribution in [2.24, 2.45) is 0 Å². The number of likely N-dealkylation sites (N-methyl/N-ethyl adjacent to an activating group) is 1. The maximum Gasteiger partial charge on any atom is 0.247 e. The normalized spacial score (nSPS) is 17.7. The van der Waals surface area contributed by atoms with Gasteiger partial charge in [-0.3, -0.25) is 14.6 Å². The van der Waals surface area contributed by atoms with Gasteiger partial charge in [0, 0.05) is 39.3 Å². The molecule has 0 saturated carbocycles. The third kappa shape index (κ3) is 4.47. The van der Waals surface area contributed by atoms with E-state index in [9.17, 15) is 4.79 Å². The Morgan fingerprint density at radius 1 is 1.15 bits per heavy atom. The lowest BCUT2D eigenvalue weighted by Crippen LogP contribution is -2.39. The lowest BCUT2D eigenvalue weighted by Gasteiger charge is -2.25. The van der Waals surface area contributed by atoms with Gasteiger partial charge in [-0.05, 0) is 32.0 Å². The van der Waals surface area contributed by atoms with Gasteiger partial charge in [0.2, 0.25) is 17.7 Å². The number of hydrogen-bond donors (Lipinski definition) is 0. The Kier molecular flexibility index (Phi) is 6.00. The van der Waals surface area contributed by atoms with Crippen molar-refractivity contribution in [3.8, 4) is 11.5 Å². The average molecular weight is 357 g/mol. The first-order chi connectivity index (χ1) is 12.5. The van der Waals surface area contributed by atoms with Crippen LogP contribution < -0.4 is 0 Å². The fraction of sp³-hybridized carbons (Fsp3) is 0.526. The van der Waals surface area contributed by atoms with Crippen LogP contribution in [0.25, 0.3) is 11.5 Å². The molecule has 1 amide bonds. The van der Waals surface area contributed by atoms with Gasteiger partial charge < -0.3 is 9.32 Å². The zero-order valence-corrected chi connectivity index (χ0v) is 15.8. The Bertz CT molecular complexity index is 716. The molecule has 0 bridgehead atoms. The predicted octanol–water partition coefficient (Wildman–Crippen LogP) is 1.89. The van der Waals surface area contributed by atoms with Gasteiger partial charge in [0.1, 0.15) is 0 Å². The summed E-state index contributed by atoms with van der Waals surface area (Å²) in [5.41, 5.74) is 0.933. The summed E-state index contributed by atoms with van der Waals surface area (Å²) in [6.07, 6.45) is 1.02. The molecule has 1 saturated heterocycles. The standard InChI is InChI=1S/C19H27N5O2/c1-15(18-20-21-19(26-18)16-8-5-4-6-9-16)24-11-7-10-23(12-13-24)14-17(25)22(2)3/h4-6,8-9,15H,7,10-14H2,1-3H3. The summed E-state index contributed by atoms with van der Waals surface area (Å²) < 4.78 is 5.91. The highest BCUT2D eigenvalue weighted by atomic mass is 16.4. The highest BCUT2D eigenvalue weighted by Crippen LogP contribution is 2.24. The van der Waals surface area contributed by atoms with Gasteiger partial charge in [-0.15, -0.1) is 10.2 Å². The van der Waals surface area contributed by atoms with Gasteiger partial charge >= 0.3 is 0 Å². The molecule has 7 nitrogen and oxygen atoms in total. The molecule has 7 heteroatoms. The largest absolute Gasteiger partial charge is 0.419 e. The van der Waals surface area contributed by atoms with Crippen LogP contribution in [0, 0.1) is 0 Å². The monoisotopic (exact) mass is 357 g/mol. The highest BCUT2D eigenvalue weighted by molar-refractivity contribution is 5.77. The number of hydrogen-bond acceptors (Lipinski definition) is 6. The molecule has 0 N–H and O–H groups in total. The highest BCUT2D eigenvalue weighted by Gasteiger charge is 2.25. The molecule has 26 heavy (non-hydrogen) atoms. The minimum absolute atomic E-state index is 0.0597. The van der Waals surface area contributed by atoms with Crippen LogP contribution in [0.1, 0.15) is 25.3 Å². The molecular formula is C19H27N5O2. The van der Waals surface area contributed by atoms with Crippen molar-refractivity contribution in [1.82, 2.24) is 24.9 Å². The third-order valence-electron chi connectivity index (χ3n) is 4.85. The SMILES string of the molecule is CC(c1nnc(-c2ccccc2)o1)N1CCCN(CC(=O)N(C)C)CC1. The van der Waals surface area contributed by atoms with E-state index in [4.69, 9.17) is 4.42 Å².